The van der Waals surface area contributed by atoms with Crippen LogP contribution in [0.2, 0.25) is 11.8 Å². The van der Waals surface area contributed by atoms with Crippen molar-refractivity contribution in [3.05, 3.63) is 74.1 Å². The average molecular weight is 451 g/mol. The van der Waals surface area contributed by atoms with Crippen LogP contribution < -0.4 is 16.7 Å². The minimum Gasteiger partial charge on any atom is -0.396 e. The highest BCUT2D eigenvalue weighted by Crippen LogP contribution is 2.23. The molecule has 1 aromatic carbocycles. The largest absolute Gasteiger partial charge is 0.396 e. The Labute approximate surface area is 190 Å². The number of imidazole rings is 1. The number of hydrogen-bond donors (Lipinski definition) is 1. The van der Waals surface area contributed by atoms with E-state index in [9.17, 15) is 14.7 Å². The molecule has 0 spiro atoms. The highest BCUT2D eigenvalue weighted by Gasteiger charge is 2.21. The topological polar surface area (TPSA) is 94.9 Å². The molecule has 1 N–H and O–H groups in total. The zero-order valence-electron chi connectivity index (χ0n) is 17.8. The van der Waals surface area contributed by atoms with Crippen molar-refractivity contribution in [3.8, 4) is 11.4 Å². The Kier molecular flexibility index (Phi) is 6.29. The van der Waals surface area contributed by atoms with Crippen LogP contribution in [0.15, 0.2) is 52.2 Å². The van der Waals surface area contributed by atoms with Crippen LogP contribution in [-0.4, -0.2) is 42.7 Å². The van der Waals surface area contributed by atoms with Gasteiger partial charge in [0, 0.05) is 32.0 Å². The lowest BCUT2D eigenvalue weighted by Crippen LogP contribution is -2.40. The van der Waals surface area contributed by atoms with Crippen molar-refractivity contribution in [2.24, 2.45) is 7.05 Å². The number of rotatable bonds is 7. The molecular weight excluding hydrogens is 429 g/mol. The number of halogens is 1. The highest BCUT2D eigenvalue weighted by molar-refractivity contribution is 6.52. The number of nitrogens with zero attached hydrogens (tertiary/aromatic N) is 5. The molecule has 0 saturated carbocycles. The molecule has 4 rings (SSSR count). The van der Waals surface area contributed by atoms with Crippen LogP contribution in [0.1, 0.15) is 12.1 Å². The molecule has 1 radical (unpaired) electrons. The Morgan fingerprint density at radius 1 is 1.16 bits per heavy atom. The second-order valence-corrected chi connectivity index (χ2v) is 7.89. The average Bonchev–Trinajstić information content (AvgIpc) is 3.18. The first-order chi connectivity index (χ1) is 15.4. The van der Waals surface area contributed by atoms with Gasteiger partial charge < -0.3 is 9.67 Å². The number of fused-ring (bicyclic) bond motifs is 1. The fourth-order valence-electron chi connectivity index (χ4n) is 3.69. The van der Waals surface area contributed by atoms with Crippen molar-refractivity contribution in [2.45, 2.75) is 26.3 Å². The van der Waals surface area contributed by atoms with Crippen molar-refractivity contribution >= 4 is 35.5 Å². The van der Waals surface area contributed by atoms with E-state index in [2.05, 4.69) is 4.98 Å². The maximum atomic E-state index is 13.4. The molecule has 0 amide bonds. The normalized spacial score (nSPS) is 11.2. The van der Waals surface area contributed by atoms with Crippen LogP contribution >= 0.6 is 11.6 Å². The van der Waals surface area contributed by atoms with Gasteiger partial charge in [-0.3, -0.25) is 18.9 Å². The predicted octanol–water partition coefficient (Wildman–Crippen LogP) is 1.42. The van der Waals surface area contributed by atoms with Gasteiger partial charge in [-0.15, -0.1) is 0 Å². The van der Waals surface area contributed by atoms with Gasteiger partial charge in [0.25, 0.3) is 5.56 Å². The fraction of sp³-hybridized carbons (Fsp3) is 0.273. The third-order valence-corrected chi connectivity index (χ3v) is 5.58. The van der Waals surface area contributed by atoms with Gasteiger partial charge in [-0.2, -0.15) is 0 Å². The second kappa shape index (κ2) is 9.14. The zero-order valence-corrected chi connectivity index (χ0v) is 18.6. The van der Waals surface area contributed by atoms with Crippen LogP contribution in [0.25, 0.3) is 22.6 Å². The maximum absolute atomic E-state index is 13.4. The molecule has 0 fully saturated rings. The molecule has 0 aliphatic heterocycles. The van der Waals surface area contributed by atoms with Crippen LogP contribution in [0, 0.1) is 0 Å². The van der Waals surface area contributed by atoms with E-state index in [1.807, 2.05) is 38.4 Å². The first-order valence-electron chi connectivity index (χ1n) is 10.3. The summed E-state index contributed by atoms with van der Waals surface area (Å²) in [7, 11) is 3.58. The summed E-state index contributed by atoms with van der Waals surface area (Å²) in [6.45, 7) is 2.23. The molecule has 163 valence electrons. The Bertz CT molecular complexity index is 1390. The number of benzene rings is 1. The summed E-state index contributed by atoms with van der Waals surface area (Å²) < 4.78 is 4.31. The van der Waals surface area contributed by atoms with Crippen LogP contribution in [-0.2, 0) is 20.1 Å². The SMILES string of the molecule is C[B]c1cccc(-c2nc3c(c(=O)n(CCCO)c(=O)n3C)n2Cc2ccc(Cl)cn2)c1. The standard InChI is InChI=1S/C22H22BClN5O3/c1-23-15-6-3-5-14(11-15)19-26-20-18(29(19)13-17-8-7-16(24)12-25-17)21(31)28(9-4-10-30)22(32)27(20)2/h3,5-8,11-12,30H,4,9-10,13H2,1-2H3. The van der Waals surface area contributed by atoms with Gasteiger partial charge in [0.2, 0.25) is 0 Å². The van der Waals surface area contributed by atoms with Gasteiger partial charge in [0.1, 0.15) is 13.1 Å². The minimum atomic E-state index is -0.465. The molecule has 0 bridgehead atoms. The van der Waals surface area contributed by atoms with E-state index in [0.717, 1.165) is 15.6 Å². The highest BCUT2D eigenvalue weighted by atomic mass is 35.5. The Morgan fingerprint density at radius 2 is 1.97 bits per heavy atom. The Morgan fingerprint density at radius 3 is 2.66 bits per heavy atom. The van der Waals surface area contributed by atoms with E-state index in [0.29, 0.717) is 34.1 Å². The monoisotopic (exact) mass is 450 g/mol. The number of hydrogen-bond acceptors (Lipinski definition) is 5. The first-order valence-corrected chi connectivity index (χ1v) is 10.6. The third-order valence-electron chi connectivity index (χ3n) is 5.36. The van der Waals surface area contributed by atoms with Crippen LogP contribution in [0.3, 0.4) is 0 Å². The first kappa shape index (κ1) is 22.0. The predicted molar refractivity (Wildman–Crippen MR) is 126 cm³/mol. The smallest absolute Gasteiger partial charge is 0.332 e. The molecule has 4 aromatic rings. The molecule has 0 aliphatic carbocycles. The van der Waals surface area contributed by atoms with E-state index in [1.54, 1.807) is 29.9 Å². The quantitative estimate of drug-likeness (QED) is 0.430. The molecule has 0 atom stereocenters. The van der Waals surface area contributed by atoms with E-state index >= 15 is 0 Å². The zero-order chi connectivity index (χ0) is 22.8. The van der Waals surface area contributed by atoms with Crippen molar-refractivity contribution in [1.82, 2.24) is 23.7 Å². The van der Waals surface area contributed by atoms with Crippen molar-refractivity contribution in [3.63, 3.8) is 0 Å². The molecule has 0 aliphatic rings. The van der Waals surface area contributed by atoms with Crippen molar-refractivity contribution in [2.75, 3.05) is 6.61 Å². The molecule has 8 nitrogen and oxygen atoms in total. The number of aliphatic hydroxyl groups is 1. The molecule has 0 unspecified atom stereocenters. The summed E-state index contributed by atoms with van der Waals surface area (Å²) in [5.74, 6) is 0.562. The van der Waals surface area contributed by atoms with E-state index < -0.39 is 11.2 Å². The summed E-state index contributed by atoms with van der Waals surface area (Å²) >= 11 is 5.98. The third kappa shape index (κ3) is 4.01. The summed E-state index contributed by atoms with van der Waals surface area (Å²) in [6, 6.07) is 11.3. The number of pyridine rings is 1. The van der Waals surface area contributed by atoms with Gasteiger partial charge in [0.15, 0.2) is 11.2 Å². The molecule has 10 heteroatoms. The minimum absolute atomic E-state index is 0.118. The molecule has 32 heavy (non-hydrogen) atoms. The van der Waals surface area contributed by atoms with Gasteiger partial charge in [-0.1, -0.05) is 48.2 Å². The molecule has 3 heterocycles. The summed E-state index contributed by atoms with van der Waals surface area (Å²) in [5, 5.41) is 9.72. The number of aromatic nitrogens is 5. The van der Waals surface area contributed by atoms with Crippen LogP contribution in [0.4, 0.5) is 0 Å². The van der Waals surface area contributed by atoms with Gasteiger partial charge in [-0.05, 0) is 18.6 Å². The van der Waals surface area contributed by atoms with E-state index in [1.165, 1.54) is 4.57 Å². The lowest BCUT2D eigenvalue weighted by molar-refractivity contribution is 0.277. The van der Waals surface area contributed by atoms with Gasteiger partial charge >= 0.3 is 5.69 Å². The lowest BCUT2D eigenvalue weighted by Gasteiger charge is -2.11. The lowest BCUT2D eigenvalue weighted by atomic mass is 9.73. The Balaban J connectivity index is 2.02. The summed E-state index contributed by atoms with van der Waals surface area (Å²) in [4.78, 5) is 35.3. The second-order valence-electron chi connectivity index (χ2n) is 7.45. The van der Waals surface area contributed by atoms with Crippen molar-refractivity contribution < 1.29 is 5.11 Å². The summed E-state index contributed by atoms with van der Waals surface area (Å²) in [5.41, 5.74) is 2.23. The van der Waals surface area contributed by atoms with E-state index in [4.69, 9.17) is 16.6 Å². The number of aliphatic hydroxyl groups excluding tert-OH is 1. The Hall–Kier alpha value is -3.17. The fourth-order valence-corrected chi connectivity index (χ4v) is 3.80. The maximum Gasteiger partial charge on any atom is 0.332 e. The molecular formula is C22H22BClN5O3. The van der Waals surface area contributed by atoms with Crippen LogP contribution in [0.5, 0.6) is 0 Å². The molecule has 0 saturated heterocycles. The summed E-state index contributed by atoms with van der Waals surface area (Å²) in [6.07, 6.45) is 1.85. The number of aryl methyl sites for hydroxylation is 1. The van der Waals surface area contributed by atoms with E-state index in [-0.39, 0.29) is 19.7 Å². The van der Waals surface area contributed by atoms with Gasteiger partial charge in [0.05, 0.1) is 17.3 Å². The molecule has 3 aromatic heterocycles. The van der Waals surface area contributed by atoms with Crippen molar-refractivity contribution in [1.29, 1.82) is 0 Å². The van der Waals surface area contributed by atoms with Gasteiger partial charge in [-0.25, -0.2) is 9.78 Å².